The first-order chi connectivity index (χ1) is 9.74. The van der Waals surface area contributed by atoms with Gasteiger partial charge in [-0.1, -0.05) is 44.2 Å². The van der Waals surface area contributed by atoms with Crippen molar-refractivity contribution in [1.82, 2.24) is 9.80 Å². The summed E-state index contributed by atoms with van der Waals surface area (Å²) in [7, 11) is 0. The van der Waals surface area contributed by atoms with Crippen LogP contribution in [0.15, 0.2) is 30.3 Å². The smallest absolute Gasteiger partial charge is 0.0470 e. The van der Waals surface area contributed by atoms with Crippen LogP contribution >= 0.6 is 0 Å². The number of rotatable bonds is 7. The van der Waals surface area contributed by atoms with Gasteiger partial charge in [0.25, 0.3) is 0 Å². The molecule has 2 rings (SSSR count). The van der Waals surface area contributed by atoms with Crippen LogP contribution in [0.5, 0.6) is 0 Å². The molecule has 3 nitrogen and oxygen atoms in total. The number of benzene rings is 1. The van der Waals surface area contributed by atoms with Crippen LogP contribution in [-0.4, -0.2) is 48.1 Å². The fourth-order valence-corrected chi connectivity index (χ4v) is 3.47. The third kappa shape index (κ3) is 3.40. The molecule has 0 aliphatic carbocycles. The standard InChI is InChI=1S/C17H29N3/c1-3-11-20(4-2)17(14-18)10-12-19(15-17)13-16-8-6-5-7-9-16/h5-9H,3-4,10-15,18H2,1-2H3. The second-order valence-corrected chi connectivity index (χ2v) is 5.95. The summed E-state index contributed by atoms with van der Waals surface area (Å²) >= 11 is 0. The van der Waals surface area contributed by atoms with E-state index in [4.69, 9.17) is 5.73 Å². The molecule has 112 valence electrons. The Kier molecular flexibility index (Phi) is 5.58. The average molecular weight is 275 g/mol. The molecule has 1 aliphatic heterocycles. The predicted molar refractivity (Wildman–Crippen MR) is 85.7 cm³/mol. The Bertz CT molecular complexity index is 392. The van der Waals surface area contributed by atoms with Crippen molar-refractivity contribution in [2.75, 3.05) is 32.7 Å². The largest absolute Gasteiger partial charge is 0.329 e. The highest BCUT2D eigenvalue weighted by atomic mass is 15.3. The molecule has 0 spiro atoms. The molecule has 1 fully saturated rings. The van der Waals surface area contributed by atoms with Gasteiger partial charge in [-0.05, 0) is 31.5 Å². The van der Waals surface area contributed by atoms with Crippen molar-refractivity contribution in [2.45, 2.75) is 38.8 Å². The van der Waals surface area contributed by atoms with Crippen molar-refractivity contribution in [3.63, 3.8) is 0 Å². The summed E-state index contributed by atoms with van der Waals surface area (Å²) in [5, 5.41) is 0. The molecule has 0 bridgehead atoms. The summed E-state index contributed by atoms with van der Waals surface area (Å²) < 4.78 is 0. The van der Waals surface area contributed by atoms with E-state index in [2.05, 4.69) is 54.0 Å². The summed E-state index contributed by atoms with van der Waals surface area (Å²) in [4.78, 5) is 5.15. The van der Waals surface area contributed by atoms with E-state index in [0.717, 1.165) is 39.3 Å². The van der Waals surface area contributed by atoms with Gasteiger partial charge in [0.2, 0.25) is 0 Å². The van der Waals surface area contributed by atoms with Gasteiger partial charge in [-0.15, -0.1) is 0 Å². The monoisotopic (exact) mass is 275 g/mol. The maximum atomic E-state index is 6.16. The quantitative estimate of drug-likeness (QED) is 0.829. The lowest BCUT2D eigenvalue weighted by atomic mass is 9.95. The van der Waals surface area contributed by atoms with Gasteiger partial charge in [-0.3, -0.25) is 9.80 Å². The molecule has 1 atom stereocenters. The van der Waals surface area contributed by atoms with E-state index >= 15 is 0 Å². The van der Waals surface area contributed by atoms with Crippen molar-refractivity contribution in [1.29, 1.82) is 0 Å². The molecule has 0 saturated carbocycles. The zero-order valence-electron chi connectivity index (χ0n) is 13.0. The van der Waals surface area contributed by atoms with Crippen molar-refractivity contribution >= 4 is 0 Å². The van der Waals surface area contributed by atoms with Gasteiger partial charge in [0.15, 0.2) is 0 Å². The molecule has 1 aromatic carbocycles. The molecular formula is C17H29N3. The van der Waals surface area contributed by atoms with E-state index in [9.17, 15) is 0 Å². The van der Waals surface area contributed by atoms with Gasteiger partial charge in [0, 0.05) is 31.7 Å². The van der Waals surface area contributed by atoms with Crippen LogP contribution in [0.4, 0.5) is 0 Å². The number of hydrogen-bond acceptors (Lipinski definition) is 3. The van der Waals surface area contributed by atoms with E-state index in [-0.39, 0.29) is 5.54 Å². The zero-order chi connectivity index (χ0) is 14.4. The summed E-state index contributed by atoms with van der Waals surface area (Å²) in [5.74, 6) is 0. The number of nitrogens with zero attached hydrogens (tertiary/aromatic N) is 2. The van der Waals surface area contributed by atoms with Crippen LogP contribution in [-0.2, 0) is 6.54 Å². The van der Waals surface area contributed by atoms with Crippen LogP contribution in [0.3, 0.4) is 0 Å². The number of likely N-dealkylation sites (tertiary alicyclic amines) is 1. The molecule has 1 aromatic rings. The lowest BCUT2D eigenvalue weighted by molar-refractivity contribution is 0.103. The Morgan fingerprint density at radius 1 is 1.25 bits per heavy atom. The molecule has 1 aliphatic rings. The molecule has 2 N–H and O–H groups in total. The van der Waals surface area contributed by atoms with Crippen molar-refractivity contribution in [3.05, 3.63) is 35.9 Å². The number of hydrogen-bond donors (Lipinski definition) is 1. The predicted octanol–water partition coefficient (Wildman–Crippen LogP) is 2.32. The SMILES string of the molecule is CCCN(CC)C1(CN)CCN(Cc2ccccc2)C1. The van der Waals surface area contributed by atoms with E-state index in [0.29, 0.717) is 0 Å². The Labute approximate surface area is 123 Å². The van der Waals surface area contributed by atoms with Gasteiger partial charge < -0.3 is 5.73 Å². The first-order valence-corrected chi connectivity index (χ1v) is 7.95. The fraction of sp³-hybridized carbons (Fsp3) is 0.647. The average Bonchev–Trinajstić information content (AvgIpc) is 2.90. The van der Waals surface area contributed by atoms with Crippen LogP contribution in [0.25, 0.3) is 0 Å². The van der Waals surface area contributed by atoms with E-state index in [1.807, 2.05) is 0 Å². The van der Waals surface area contributed by atoms with Gasteiger partial charge in [-0.2, -0.15) is 0 Å². The van der Waals surface area contributed by atoms with Crippen LogP contribution in [0, 0.1) is 0 Å². The molecule has 0 aromatic heterocycles. The normalized spacial score (nSPS) is 23.6. The Morgan fingerprint density at radius 3 is 2.60 bits per heavy atom. The maximum Gasteiger partial charge on any atom is 0.0470 e. The van der Waals surface area contributed by atoms with Gasteiger partial charge in [0.05, 0.1) is 0 Å². The fourth-order valence-electron chi connectivity index (χ4n) is 3.47. The molecule has 1 unspecified atom stereocenters. The van der Waals surface area contributed by atoms with Crippen molar-refractivity contribution in [3.8, 4) is 0 Å². The third-order valence-corrected chi connectivity index (χ3v) is 4.59. The number of likely N-dealkylation sites (N-methyl/N-ethyl adjacent to an activating group) is 1. The Morgan fingerprint density at radius 2 is 2.00 bits per heavy atom. The summed E-state index contributed by atoms with van der Waals surface area (Å²) in [6.07, 6.45) is 2.40. The van der Waals surface area contributed by atoms with Crippen LogP contribution < -0.4 is 5.73 Å². The molecule has 3 heteroatoms. The van der Waals surface area contributed by atoms with E-state index in [1.165, 1.54) is 18.4 Å². The minimum absolute atomic E-state index is 0.194. The molecular weight excluding hydrogens is 246 g/mol. The second-order valence-electron chi connectivity index (χ2n) is 5.95. The highest BCUT2D eigenvalue weighted by Crippen LogP contribution is 2.28. The molecule has 20 heavy (non-hydrogen) atoms. The Hall–Kier alpha value is -0.900. The summed E-state index contributed by atoms with van der Waals surface area (Å²) in [6, 6.07) is 10.8. The van der Waals surface area contributed by atoms with Gasteiger partial charge in [-0.25, -0.2) is 0 Å². The zero-order valence-corrected chi connectivity index (χ0v) is 13.0. The van der Waals surface area contributed by atoms with Crippen molar-refractivity contribution < 1.29 is 0 Å². The van der Waals surface area contributed by atoms with E-state index < -0.39 is 0 Å². The minimum atomic E-state index is 0.194. The highest BCUT2D eigenvalue weighted by Gasteiger charge is 2.40. The van der Waals surface area contributed by atoms with Crippen LogP contribution in [0.2, 0.25) is 0 Å². The lowest BCUT2D eigenvalue weighted by Gasteiger charge is -2.40. The number of nitrogens with two attached hydrogens (primary N) is 1. The lowest BCUT2D eigenvalue weighted by Crippen LogP contribution is -2.55. The molecule has 1 saturated heterocycles. The van der Waals surface area contributed by atoms with Gasteiger partial charge >= 0.3 is 0 Å². The van der Waals surface area contributed by atoms with Gasteiger partial charge in [0.1, 0.15) is 0 Å². The third-order valence-electron chi connectivity index (χ3n) is 4.59. The molecule has 0 amide bonds. The minimum Gasteiger partial charge on any atom is -0.329 e. The first-order valence-electron chi connectivity index (χ1n) is 7.95. The first kappa shape index (κ1) is 15.5. The van der Waals surface area contributed by atoms with E-state index in [1.54, 1.807) is 0 Å². The Balaban J connectivity index is 2.01. The maximum absolute atomic E-state index is 6.16. The molecule has 1 heterocycles. The molecule has 0 radical (unpaired) electrons. The summed E-state index contributed by atoms with van der Waals surface area (Å²) in [5.41, 5.74) is 7.76. The van der Waals surface area contributed by atoms with Crippen LogP contribution in [0.1, 0.15) is 32.3 Å². The topological polar surface area (TPSA) is 32.5 Å². The second kappa shape index (κ2) is 7.21. The van der Waals surface area contributed by atoms with Crippen molar-refractivity contribution in [2.24, 2.45) is 5.73 Å². The summed E-state index contributed by atoms with van der Waals surface area (Å²) in [6.45, 7) is 10.9. The highest BCUT2D eigenvalue weighted by molar-refractivity contribution is 5.15.